The van der Waals surface area contributed by atoms with Gasteiger partial charge in [0.15, 0.2) is 0 Å². The predicted octanol–water partition coefficient (Wildman–Crippen LogP) is 5.90. The molecular weight excluding hydrogens is 502 g/mol. The number of benzene rings is 2. The average molecular weight is 524 g/mol. The maximum absolute atomic E-state index is 14.4. The van der Waals surface area contributed by atoms with E-state index < -0.39 is 17.9 Å². The molecule has 0 radical (unpaired) electrons. The molecule has 2 aliphatic heterocycles. The average Bonchev–Trinajstić information content (AvgIpc) is 3.64. The molecule has 35 heavy (non-hydrogen) atoms. The molecule has 2 aromatic carbocycles. The van der Waals surface area contributed by atoms with Gasteiger partial charge in [-0.25, -0.2) is 4.79 Å². The number of hydrogen-bond acceptors (Lipinski definition) is 4. The zero-order valence-electron chi connectivity index (χ0n) is 18.6. The third kappa shape index (κ3) is 4.77. The lowest BCUT2D eigenvalue weighted by atomic mass is 9.89. The van der Waals surface area contributed by atoms with E-state index in [0.717, 1.165) is 18.5 Å². The summed E-state index contributed by atoms with van der Waals surface area (Å²) in [5.41, 5.74) is -2.21. The Morgan fingerprint density at radius 3 is 2.40 bits per heavy atom. The summed E-state index contributed by atoms with van der Waals surface area (Å²) in [6.45, 7) is 2.64. The van der Waals surface area contributed by atoms with E-state index in [1.54, 1.807) is 0 Å². The van der Waals surface area contributed by atoms with Crippen LogP contribution in [0.3, 0.4) is 0 Å². The molecule has 0 N–H and O–H groups in total. The Labute approximate surface area is 211 Å². The second-order valence-corrected chi connectivity index (χ2v) is 9.78. The monoisotopic (exact) mass is 523 g/mol. The van der Waals surface area contributed by atoms with Crippen LogP contribution in [-0.4, -0.2) is 50.0 Å². The van der Waals surface area contributed by atoms with Crippen molar-refractivity contribution in [3.8, 4) is 11.8 Å². The number of ether oxygens (including phenoxy) is 1. The summed E-state index contributed by atoms with van der Waals surface area (Å²) in [6.07, 6.45) is -4.53. The molecule has 0 bridgehead atoms. The summed E-state index contributed by atoms with van der Waals surface area (Å²) >= 11 is 12.2. The molecule has 0 unspecified atom stereocenters. The summed E-state index contributed by atoms with van der Waals surface area (Å²) in [5, 5.41) is 0.757. The van der Waals surface area contributed by atoms with Gasteiger partial charge in [0.05, 0.1) is 12.4 Å². The fourth-order valence-electron chi connectivity index (χ4n) is 4.32. The third-order valence-electron chi connectivity index (χ3n) is 6.41. The van der Waals surface area contributed by atoms with Gasteiger partial charge in [-0.1, -0.05) is 35.2 Å². The first-order valence-corrected chi connectivity index (χ1v) is 12.0. The molecule has 2 fully saturated rings. The lowest BCUT2D eigenvalue weighted by Gasteiger charge is -2.43. The minimum Gasteiger partial charge on any atom is -0.415 e. The lowest BCUT2D eigenvalue weighted by molar-refractivity contribution is -0.240. The van der Waals surface area contributed by atoms with Crippen molar-refractivity contribution in [3.63, 3.8) is 0 Å². The van der Waals surface area contributed by atoms with Gasteiger partial charge in [0.1, 0.15) is 0 Å². The van der Waals surface area contributed by atoms with Gasteiger partial charge in [0.2, 0.25) is 0 Å². The highest BCUT2D eigenvalue weighted by atomic mass is 35.5. The van der Waals surface area contributed by atoms with E-state index in [2.05, 4.69) is 16.7 Å². The number of nitrogens with zero attached hydrogens (tertiary/aromatic N) is 3. The standard InChI is InChI=1S/C25H22Cl2F3N3O2/c26-18-2-1-3-20(14-18)32-12-10-31(11-13-32)16-33-22-7-6-19(27)15-21(22)24(25(28,29)30,35-23(33)34)9-8-17-4-5-17/h1-3,6-7,14-15,17H,4-5,10-13,16H2/t24-/m0/s1. The number of halogens is 5. The number of fused-ring (bicyclic) bond motifs is 1. The van der Waals surface area contributed by atoms with E-state index in [9.17, 15) is 18.0 Å². The first kappa shape index (κ1) is 24.1. The van der Waals surface area contributed by atoms with Crippen molar-refractivity contribution < 1.29 is 22.7 Å². The van der Waals surface area contributed by atoms with Gasteiger partial charge < -0.3 is 9.64 Å². The number of carbonyl (C=O) groups excluding carboxylic acids is 1. The van der Waals surface area contributed by atoms with Gasteiger partial charge in [0.25, 0.3) is 5.60 Å². The molecule has 1 aliphatic carbocycles. The second kappa shape index (κ2) is 9.12. The highest BCUT2D eigenvalue weighted by Crippen LogP contribution is 2.50. The quantitative estimate of drug-likeness (QED) is 0.469. The van der Waals surface area contributed by atoms with E-state index in [4.69, 9.17) is 27.9 Å². The summed E-state index contributed by atoms with van der Waals surface area (Å²) in [6, 6.07) is 11.7. The van der Waals surface area contributed by atoms with Crippen LogP contribution < -0.4 is 9.80 Å². The van der Waals surface area contributed by atoms with Crippen LogP contribution in [0.25, 0.3) is 0 Å². The van der Waals surface area contributed by atoms with Crippen LogP contribution in [0.15, 0.2) is 42.5 Å². The molecular formula is C25H22Cl2F3N3O2. The Morgan fingerprint density at radius 1 is 1.03 bits per heavy atom. The molecule has 1 amide bonds. The van der Waals surface area contributed by atoms with Crippen LogP contribution >= 0.6 is 23.2 Å². The summed E-state index contributed by atoms with van der Waals surface area (Å²) in [5.74, 6) is 4.80. The molecule has 5 nitrogen and oxygen atoms in total. The van der Waals surface area contributed by atoms with E-state index in [1.807, 2.05) is 29.2 Å². The maximum atomic E-state index is 14.4. The molecule has 3 aliphatic rings. The third-order valence-corrected chi connectivity index (χ3v) is 6.88. The Morgan fingerprint density at radius 2 is 1.74 bits per heavy atom. The fourth-order valence-corrected chi connectivity index (χ4v) is 4.68. The predicted molar refractivity (Wildman–Crippen MR) is 129 cm³/mol. The van der Waals surface area contributed by atoms with Crippen LogP contribution in [0, 0.1) is 17.8 Å². The zero-order chi connectivity index (χ0) is 24.8. The number of amides is 1. The second-order valence-electron chi connectivity index (χ2n) is 8.91. The number of piperazine rings is 1. The van der Waals surface area contributed by atoms with Crippen molar-refractivity contribution in [3.05, 3.63) is 58.1 Å². The number of hydrogen-bond donors (Lipinski definition) is 0. The molecule has 1 atom stereocenters. The van der Waals surface area contributed by atoms with E-state index in [-0.39, 0.29) is 28.9 Å². The minimum atomic E-state index is -4.93. The van der Waals surface area contributed by atoms with Gasteiger partial charge in [-0.05, 0) is 55.2 Å². The van der Waals surface area contributed by atoms with Gasteiger partial charge >= 0.3 is 12.3 Å². The number of anilines is 2. The van der Waals surface area contributed by atoms with Crippen LogP contribution in [0.5, 0.6) is 0 Å². The van der Waals surface area contributed by atoms with E-state index in [0.29, 0.717) is 31.2 Å². The summed E-state index contributed by atoms with van der Waals surface area (Å²) < 4.78 is 48.3. The molecule has 1 saturated carbocycles. The van der Waals surface area contributed by atoms with Crippen molar-refractivity contribution in [2.45, 2.75) is 24.6 Å². The molecule has 184 valence electrons. The summed E-state index contributed by atoms with van der Waals surface area (Å²) in [4.78, 5) is 18.4. The van der Waals surface area contributed by atoms with Gasteiger partial charge in [-0.3, -0.25) is 9.80 Å². The molecule has 2 heterocycles. The Kier molecular flexibility index (Phi) is 6.28. The highest BCUT2D eigenvalue weighted by Gasteiger charge is 2.63. The van der Waals surface area contributed by atoms with Crippen molar-refractivity contribution in [2.24, 2.45) is 5.92 Å². The molecule has 1 saturated heterocycles. The molecule has 2 aromatic rings. The minimum absolute atomic E-state index is 0.0842. The Balaban J connectivity index is 1.40. The van der Waals surface area contributed by atoms with E-state index in [1.165, 1.54) is 23.1 Å². The Bertz CT molecular complexity index is 1200. The number of carbonyl (C=O) groups is 1. The van der Waals surface area contributed by atoms with E-state index >= 15 is 0 Å². The zero-order valence-corrected chi connectivity index (χ0v) is 20.1. The van der Waals surface area contributed by atoms with Crippen molar-refractivity contribution >= 4 is 40.7 Å². The van der Waals surface area contributed by atoms with Crippen molar-refractivity contribution in [2.75, 3.05) is 42.6 Å². The number of rotatable bonds is 3. The van der Waals surface area contributed by atoms with Gasteiger partial charge in [-0.2, -0.15) is 13.2 Å². The van der Waals surface area contributed by atoms with Crippen LogP contribution in [-0.2, 0) is 10.3 Å². The van der Waals surface area contributed by atoms with Gasteiger partial charge in [-0.15, -0.1) is 0 Å². The van der Waals surface area contributed by atoms with Crippen molar-refractivity contribution in [1.29, 1.82) is 0 Å². The van der Waals surface area contributed by atoms with Gasteiger partial charge in [0, 0.05) is 53.4 Å². The fraction of sp³-hybridized carbons (Fsp3) is 0.400. The number of alkyl halides is 3. The first-order chi connectivity index (χ1) is 16.7. The highest BCUT2D eigenvalue weighted by molar-refractivity contribution is 6.31. The summed E-state index contributed by atoms with van der Waals surface area (Å²) in [7, 11) is 0. The Hall–Kier alpha value is -2.60. The largest absolute Gasteiger partial charge is 0.445 e. The van der Waals surface area contributed by atoms with Crippen LogP contribution in [0.4, 0.5) is 29.3 Å². The smallest absolute Gasteiger partial charge is 0.415 e. The maximum Gasteiger partial charge on any atom is 0.445 e. The first-order valence-electron chi connectivity index (χ1n) is 11.3. The SMILES string of the molecule is O=C1O[C@](C#CC2CC2)(C(F)(F)F)c2cc(Cl)ccc2N1CN1CCN(c2cccc(Cl)c2)CC1. The van der Waals surface area contributed by atoms with Crippen molar-refractivity contribution in [1.82, 2.24) is 4.90 Å². The lowest BCUT2D eigenvalue weighted by Crippen LogP contribution is -2.57. The molecule has 10 heteroatoms. The van der Waals surface area contributed by atoms with Crippen LogP contribution in [0.1, 0.15) is 18.4 Å². The molecule has 5 rings (SSSR count). The number of cyclic esters (lactones) is 1. The molecule has 0 aromatic heterocycles. The topological polar surface area (TPSA) is 36.0 Å². The molecule has 0 spiro atoms. The normalized spacial score (nSPS) is 22.8. The van der Waals surface area contributed by atoms with Crippen LogP contribution in [0.2, 0.25) is 10.0 Å².